The number of nitrogens with zero attached hydrogens (tertiary/aromatic N) is 1. The molecule has 4 heteroatoms. The molecule has 19 heavy (non-hydrogen) atoms. The number of hydrogen-bond acceptors (Lipinski definition) is 3. The summed E-state index contributed by atoms with van der Waals surface area (Å²) in [5, 5.41) is 0. The molecule has 104 valence electrons. The monoisotopic (exact) mass is 296 g/mol. The van der Waals surface area contributed by atoms with Crippen molar-refractivity contribution in [2.75, 3.05) is 14.1 Å². The molecule has 2 rings (SSSR count). The van der Waals surface area contributed by atoms with Gasteiger partial charge in [0.2, 0.25) is 0 Å². The highest BCUT2D eigenvalue weighted by Gasteiger charge is 2.09. The van der Waals surface area contributed by atoms with Gasteiger partial charge in [0.25, 0.3) is 0 Å². The first-order valence-electron chi connectivity index (χ1n) is 6.16. The van der Waals surface area contributed by atoms with Gasteiger partial charge in [-0.2, -0.15) is 0 Å². The summed E-state index contributed by atoms with van der Waals surface area (Å²) in [5.74, 6) is 0. The maximum absolute atomic E-state index is 5.93. The van der Waals surface area contributed by atoms with Crippen molar-refractivity contribution in [2.45, 2.75) is 19.5 Å². The molecule has 2 nitrogen and oxygen atoms in total. The molecule has 2 aromatic rings. The fourth-order valence-corrected chi connectivity index (χ4v) is 3.00. The summed E-state index contributed by atoms with van der Waals surface area (Å²) in [5.41, 5.74) is 8.61. The quantitative estimate of drug-likeness (QED) is 0.926. The second kappa shape index (κ2) is 7.06. The van der Waals surface area contributed by atoms with Crippen LogP contribution in [0.15, 0.2) is 36.4 Å². The molecule has 0 saturated heterocycles. The highest BCUT2D eigenvalue weighted by Crippen LogP contribution is 2.33. The summed E-state index contributed by atoms with van der Waals surface area (Å²) < 4.78 is 0. The lowest BCUT2D eigenvalue weighted by molar-refractivity contribution is 0.403. The van der Waals surface area contributed by atoms with Crippen LogP contribution in [0.25, 0.3) is 10.4 Å². The Balaban J connectivity index is 0.00000180. The maximum atomic E-state index is 5.93. The predicted octanol–water partition coefficient (Wildman–Crippen LogP) is 3.92. The minimum Gasteiger partial charge on any atom is -0.324 e. The van der Waals surface area contributed by atoms with E-state index in [1.165, 1.54) is 20.9 Å². The van der Waals surface area contributed by atoms with Crippen molar-refractivity contribution in [1.29, 1.82) is 0 Å². The Morgan fingerprint density at radius 2 is 1.84 bits per heavy atom. The molecule has 0 aliphatic carbocycles. The van der Waals surface area contributed by atoms with Gasteiger partial charge in [-0.15, -0.1) is 23.7 Å². The van der Waals surface area contributed by atoms with Crippen LogP contribution in [0.2, 0.25) is 0 Å². The lowest BCUT2D eigenvalue weighted by Crippen LogP contribution is -2.11. The number of rotatable bonds is 4. The number of nitrogens with two attached hydrogens (primary N) is 1. The van der Waals surface area contributed by atoms with E-state index in [4.69, 9.17) is 5.73 Å². The lowest BCUT2D eigenvalue weighted by atomic mass is 10.1. The molecule has 0 bridgehead atoms. The minimum atomic E-state index is 0. The Morgan fingerprint density at radius 3 is 2.42 bits per heavy atom. The van der Waals surface area contributed by atoms with Gasteiger partial charge in [0, 0.05) is 22.3 Å². The Hall–Kier alpha value is -0.870. The fraction of sp³-hybridized carbons (Fsp3) is 0.333. The van der Waals surface area contributed by atoms with Gasteiger partial charge in [0.15, 0.2) is 0 Å². The van der Waals surface area contributed by atoms with Crippen LogP contribution in [0.4, 0.5) is 0 Å². The fourth-order valence-electron chi connectivity index (χ4n) is 1.98. The molecule has 0 amide bonds. The molecule has 1 heterocycles. The molecule has 0 radical (unpaired) electrons. The van der Waals surface area contributed by atoms with E-state index in [0.717, 1.165) is 6.54 Å². The second-order valence-corrected chi connectivity index (χ2v) is 6.00. The molecule has 1 aromatic heterocycles. The predicted molar refractivity (Wildman–Crippen MR) is 87.0 cm³/mol. The van der Waals surface area contributed by atoms with Crippen LogP contribution in [0, 0.1) is 0 Å². The first-order valence-corrected chi connectivity index (χ1v) is 6.98. The van der Waals surface area contributed by atoms with Crippen molar-refractivity contribution in [1.82, 2.24) is 4.90 Å². The van der Waals surface area contributed by atoms with Crippen molar-refractivity contribution in [2.24, 2.45) is 5.73 Å². The smallest absolute Gasteiger partial charge is 0.0361 e. The summed E-state index contributed by atoms with van der Waals surface area (Å²) in [6.07, 6.45) is 0. The van der Waals surface area contributed by atoms with E-state index in [0.29, 0.717) is 0 Å². The van der Waals surface area contributed by atoms with Crippen molar-refractivity contribution < 1.29 is 0 Å². The average Bonchev–Trinajstić information content (AvgIpc) is 2.78. The Morgan fingerprint density at radius 1 is 1.16 bits per heavy atom. The zero-order chi connectivity index (χ0) is 13.1. The van der Waals surface area contributed by atoms with E-state index < -0.39 is 0 Å². The molecular weight excluding hydrogens is 276 g/mol. The lowest BCUT2D eigenvalue weighted by Gasteiger charge is -2.13. The van der Waals surface area contributed by atoms with Gasteiger partial charge < -0.3 is 10.6 Å². The van der Waals surface area contributed by atoms with Crippen LogP contribution in [0.5, 0.6) is 0 Å². The Kier molecular flexibility index (Phi) is 6.01. The molecule has 0 unspecified atom stereocenters. The molecule has 0 fully saturated rings. The molecule has 0 aliphatic heterocycles. The summed E-state index contributed by atoms with van der Waals surface area (Å²) in [7, 11) is 4.19. The van der Waals surface area contributed by atoms with Crippen LogP contribution in [-0.2, 0) is 6.54 Å². The van der Waals surface area contributed by atoms with Crippen LogP contribution >= 0.6 is 23.7 Å². The third-order valence-electron chi connectivity index (χ3n) is 2.84. The molecule has 1 aromatic carbocycles. The molecule has 2 N–H and O–H groups in total. The zero-order valence-electron chi connectivity index (χ0n) is 11.6. The number of hydrogen-bond donors (Lipinski definition) is 1. The molecule has 0 saturated carbocycles. The van der Waals surface area contributed by atoms with Crippen molar-refractivity contribution >= 4 is 23.7 Å². The first-order chi connectivity index (χ1) is 8.58. The Bertz CT molecular complexity index is 520. The van der Waals surface area contributed by atoms with Crippen molar-refractivity contribution in [3.63, 3.8) is 0 Å². The Labute approximate surface area is 125 Å². The molecule has 0 spiro atoms. The highest BCUT2D eigenvalue weighted by atomic mass is 35.5. The summed E-state index contributed by atoms with van der Waals surface area (Å²) >= 11 is 1.79. The van der Waals surface area contributed by atoms with Gasteiger partial charge in [-0.05, 0) is 44.3 Å². The van der Waals surface area contributed by atoms with Crippen LogP contribution in [-0.4, -0.2) is 19.0 Å². The van der Waals surface area contributed by atoms with Gasteiger partial charge in [0.1, 0.15) is 0 Å². The standard InChI is InChI=1S/C15H20N2S.ClH/c1-11(16)14-8-9-15(18-14)13-7-5-4-6-12(13)10-17(2)3;/h4-9,11H,10,16H2,1-3H3;1H/t11-;/m1./s1. The van der Waals surface area contributed by atoms with Crippen molar-refractivity contribution in [3.8, 4) is 10.4 Å². The van der Waals surface area contributed by atoms with Crippen molar-refractivity contribution in [3.05, 3.63) is 46.8 Å². The zero-order valence-corrected chi connectivity index (χ0v) is 13.2. The topological polar surface area (TPSA) is 29.3 Å². The molecular formula is C15H21ClN2S. The number of halogens is 1. The average molecular weight is 297 g/mol. The van der Waals surface area contributed by atoms with Gasteiger partial charge in [-0.3, -0.25) is 0 Å². The molecule has 0 aliphatic rings. The summed E-state index contributed by atoms with van der Waals surface area (Å²) in [4.78, 5) is 4.74. The number of benzene rings is 1. The summed E-state index contributed by atoms with van der Waals surface area (Å²) in [6, 6.07) is 13.0. The number of thiophene rings is 1. The second-order valence-electron chi connectivity index (χ2n) is 4.89. The normalized spacial score (nSPS) is 12.3. The largest absolute Gasteiger partial charge is 0.324 e. The van der Waals surface area contributed by atoms with Crippen LogP contribution in [0.1, 0.15) is 23.4 Å². The van der Waals surface area contributed by atoms with E-state index >= 15 is 0 Å². The first kappa shape index (κ1) is 16.2. The van der Waals surface area contributed by atoms with E-state index in [2.05, 4.69) is 55.4 Å². The SMILES string of the molecule is C[C@@H](N)c1ccc(-c2ccccc2CN(C)C)s1.Cl. The highest BCUT2D eigenvalue weighted by molar-refractivity contribution is 7.15. The van der Waals surface area contributed by atoms with Gasteiger partial charge in [0.05, 0.1) is 0 Å². The van der Waals surface area contributed by atoms with E-state index in [1.807, 2.05) is 6.92 Å². The summed E-state index contributed by atoms with van der Waals surface area (Å²) in [6.45, 7) is 2.99. The third kappa shape index (κ3) is 4.05. The molecule has 1 atom stereocenters. The maximum Gasteiger partial charge on any atom is 0.0361 e. The van der Waals surface area contributed by atoms with Gasteiger partial charge in [-0.25, -0.2) is 0 Å². The van der Waals surface area contributed by atoms with E-state index in [9.17, 15) is 0 Å². The van der Waals surface area contributed by atoms with Gasteiger partial charge >= 0.3 is 0 Å². The third-order valence-corrected chi connectivity index (χ3v) is 4.16. The van der Waals surface area contributed by atoms with E-state index in [-0.39, 0.29) is 18.4 Å². The minimum absolute atomic E-state index is 0. The van der Waals surface area contributed by atoms with Gasteiger partial charge in [-0.1, -0.05) is 24.3 Å². The van der Waals surface area contributed by atoms with Crippen LogP contribution in [0.3, 0.4) is 0 Å². The van der Waals surface area contributed by atoms with Crippen LogP contribution < -0.4 is 5.73 Å². The van der Waals surface area contributed by atoms with E-state index in [1.54, 1.807) is 11.3 Å².